The maximum atomic E-state index is 12.1. The number of aryl methyl sites for hydroxylation is 1. The van der Waals surface area contributed by atoms with Gasteiger partial charge in [-0.3, -0.25) is 0 Å². The summed E-state index contributed by atoms with van der Waals surface area (Å²) in [5, 5.41) is 26.9. The number of carboxylic acids is 1. The highest BCUT2D eigenvalue weighted by Gasteiger charge is 2.23. The third-order valence-corrected chi connectivity index (χ3v) is 4.74. The first kappa shape index (κ1) is 15.6. The molecule has 0 fully saturated rings. The van der Waals surface area contributed by atoms with Crippen molar-refractivity contribution in [1.82, 2.24) is 0 Å². The number of benzene rings is 1. The number of aromatic carboxylic acids is 1. The standard InChI is InChI=1S/C12H16O6S/c1-7-3-9(12(15)16)4-11(8(7)2)19(17,18)6-10(14)5-13/h3-4,10,13-14H,5-6H2,1-2H3,(H,15,16). The van der Waals surface area contributed by atoms with Crippen LogP contribution in [-0.4, -0.2) is 48.2 Å². The molecule has 1 aromatic rings. The molecule has 7 heteroatoms. The highest BCUT2D eigenvalue weighted by atomic mass is 32.2. The van der Waals surface area contributed by atoms with Gasteiger partial charge in [0.25, 0.3) is 0 Å². The summed E-state index contributed by atoms with van der Waals surface area (Å²) in [7, 11) is -3.85. The minimum atomic E-state index is -3.85. The lowest BCUT2D eigenvalue weighted by Gasteiger charge is -2.13. The molecule has 0 radical (unpaired) electrons. The zero-order chi connectivity index (χ0) is 14.8. The highest BCUT2D eigenvalue weighted by Crippen LogP contribution is 2.23. The summed E-state index contributed by atoms with van der Waals surface area (Å²) in [5.41, 5.74) is 0.854. The van der Waals surface area contributed by atoms with E-state index >= 15 is 0 Å². The van der Waals surface area contributed by atoms with Crippen LogP contribution >= 0.6 is 0 Å². The van der Waals surface area contributed by atoms with E-state index in [2.05, 4.69) is 0 Å². The fourth-order valence-electron chi connectivity index (χ4n) is 1.67. The molecule has 19 heavy (non-hydrogen) atoms. The smallest absolute Gasteiger partial charge is 0.335 e. The van der Waals surface area contributed by atoms with E-state index in [4.69, 9.17) is 10.2 Å². The van der Waals surface area contributed by atoms with Gasteiger partial charge in [0.1, 0.15) is 0 Å². The molecule has 0 aromatic heterocycles. The molecule has 3 N–H and O–H groups in total. The molecule has 1 aromatic carbocycles. The minimum absolute atomic E-state index is 0.125. The number of hydrogen-bond donors (Lipinski definition) is 3. The van der Waals surface area contributed by atoms with Crippen molar-refractivity contribution < 1.29 is 28.5 Å². The van der Waals surface area contributed by atoms with Gasteiger partial charge in [0.05, 0.1) is 28.9 Å². The molecule has 0 aliphatic carbocycles. The van der Waals surface area contributed by atoms with Gasteiger partial charge >= 0.3 is 5.97 Å². The maximum absolute atomic E-state index is 12.1. The minimum Gasteiger partial charge on any atom is -0.478 e. The maximum Gasteiger partial charge on any atom is 0.335 e. The largest absolute Gasteiger partial charge is 0.478 e. The summed E-state index contributed by atoms with van der Waals surface area (Å²) in [4.78, 5) is 10.8. The van der Waals surface area contributed by atoms with Crippen LogP contribution < -0.4 is 0 Å². The van der Waals surface area contributed by atoms with Crippen LogP contribution in [0, 0.1) is 13.8 Å². The molecule has 1 unspecified atom stereocenters. The number of rotatable bonds is 5. The molecule has 0 saturated carbocycles. The molecule has 0 heterocycles. The third kappa shape index (κ3) is 3.52. The summed E-state index contributed by atoms with van der Waals surface area (Å²) in [5.74, 6) is -1.87. The van der Waals surface area contributed by atoms with Gasteiger partial charge < -0.3 is 15.3 Å². The summed E-state index contributed by atoms with van der Waals surface area (Å²) in [6.45, 7) is 2.51. The average Bonchev–Trinajstić information content (AvgIpc) is 2.31. The van der Waals surface area contributed by atoms with Crippen molar-refractivity contribution in [3.8, 4) is 0 Å². The predicted molar refractivity (Wildman–Crippen MR) is 68.0 cm³/mol. The van der Waals surface area contributed by atoms with Gasteiger partial charge in [0.15, 0.2) is 9.84 Å². The van der Waals surface area contributed by atoms with E-state index in [-0.39, 0.29) is 10.5 Å². The van der Waals surface area contributed by atoms with E-state index in [1.54, 1.807) is 13.8 Å². The Morgan fingerprint density at radius 1 is 1.32 bits per heavy atom. The zero-order valence-corrected chi connectivity index (χ0v) is 11.4. The van der Waals surface area contributed by atoms with Crippen molar-refractivity contribution in [2.75, 3.05) is 12.4 Å². The number of hydrogen-bond acceptors (Lipinski definition) is 5. The molecule has 1 rings (SSSR count). The van der Waals surface area contributed by atoms with Crippen molar-refractivity contribution in [3.63, 3.8) is 0 Å². The second-order valence-corrected chi connectivity index (χ2v) is 6.34. The summed E-state index contributed by atoms with van der Waals surface area (Å²) in [6, 6.07) is 2.46. The molecule has 106 valence electrons. The van der Waals surface area contributed by atoms with Crippen LogP contribution in [0.3, 0.4) is 0 Å². The first-order valence-corrected chi connectivity index (χ1v) is 7.20. The Kier molecular flexibility index (Phi) is 4.67. The molecule has 1 atom stereocenters. The number of aliphatic hydroxyl groups is 2. The molecule has 0 bridgehead atoms. The van der Waals surface area contributed by atoms with Crippen molar-refractivity contribution in [3.05, 3.63) is 28.8 Å². The van der Waals surface area contributed by atoms with Gasteiger partial charge in [0.2, 0.25) is 0 Å². The molecule has 0 aliphatic rings. The van der Waals surface area contributed by atoms with Crippen LogP contribution in [-0.2, 0) is 9.84 Å². The summed E-state index contributed by atoms with van der Waals surface area (Å²) in [6.07, 6.45) is -1.39. The van der Waals surface area contributed by atoms with E-state index in [1.165, 1.54) is 6.07 Å². The Labute approximate surface area is 111 Å². The molecular formula is C12H16O6S. The summed E-state index contributed by atoms with van der Waals surface area (Å²) >= 11 is 0. The average molecular weight is 288 g/mol. The van der Waals surface area contributed by atoms with Crippen molar-refractivity contribution >= 4 is 15.8 Å². The lowest BCUT2D eigenvalue weighted by molar-refractivity contribution is 0.0696. The van der Waals surface area contributed by atoms with E-state index in [1.807, 2.05) is 0 Å². The topological polar surface area (TPSA) is 112 Å². The SMILES string of the molecule is Cc1cc(C(=O)O)cc(S(=O)(=O)CC(O)CO)c1C. The lowest BCUT2D eigenvalue weighted by Crippen LogP contribution is -2.25. The Morgan fingerprint density at radius 3 is 2.37 bits per heavy atom. The first-order valence-electron chi connectivity index (χ1n) is 5.55. The Morgan fingerprint density at radius 2 is 1.89 bits per heavy atom. The van der Waals surface area contributed by atoms with E-state index in [9.17, 15) is 18.3 Å². The van der Waals surface area contributed by atoms with Crippen molar-refractivity contribution in [1.29, 1.82) is 0 Å². The van der Waals surface area contributed by atoms with Crippen LogP contribution in [0.25, 0.3) is 0 Å². The highest BCUT2D eigenvalue weighted by molar-refractivity contribution is 7.91. The number of carboxylic acid groups (broad SMARTS) is 1. The zero-order valence-electron chi connectivity index (χ0n) is 10.6. The molecule has 0 aliphatic heterocycles. The number of aliphatic hydroxyl groups excluding tert-OH is 2. The van der Waals surface area contributed by atoms with Gasteiger partial charge in [-0.15, -0.1) is 0 Å². The van der Waals surface area contributed by atoms with E-state index in [0.717, 1.165) is 6.07 Å². The van der Waals surface area contributed by atoms with Gasteiger partial charge in [0, 0.05) is 0 Å². The monoisotopic (exact) mass is 288 g/mol. The van der Waals surface area contributed by atoms with Crippen LogP contribution in [0.15, 0.2) is 17.0 Å². The third-order valence-electron chi connectivity index (χ3n) is 2.82. The quantitative estimate of drug-likeness (QED) is 0.710. The normalized spacial score (nSPS) is 13.3. The van der Waals surface area contributed by atoms with Crippen molar-refractivity contribution in [2.24, 2.45) is 0 Å². The second-order valence-electron chi connectivity index (χ2n) is 4.34. The van der Waals surface area contributed by atoms with Crippen molar-refractivity contribution in [2.45, 2.75) is 24.8 Å². The predicted octanol–water partition coefficient (Wildman–Crippen LogP) is 0.129. The van der Waals surface area contributed by atoms with E-state index < -0.39 is 34.3 Å². The van der Waals surface area contributed by atoms with Gasteiger partial charge in [-0.25, -0.2) is 13.2 Å². The first-order chi connectivity index (χ1) is 8.69. The lowest BCUT2D eigenvalue weighted by atomic mass is 10.1. The molecule has 6 nitrogen and oxygen atoms in total. The fourth-order valence-corrected chi connectivity index (χ4v) is 3.39. The van der Waals surface area contributed by atoms with E-state index in [0.29, 0.717) is 11.1 Å². The molecular weight excluding hydrogens is 272 g/mol. The van der Waals surface area contributed by atoms with Crippen LogP contribution in [0.4, 0.5) is 0 Å². The Balaban J connectivity index is 3.37. The second kappa shape index (κ2) is 5.68. The molecule has 0 saturated heterocycles. The van der Waals surface area contributed by atoms with Gasteiger partial charge in [-0.05, 0) is 37.1 Å². The van der Waals surface area contributed by atoms with Crippen LogP contribution in [0.5, 0.6) is 0 Å². The summed E-state index contributed by atoms with van der Waals surface area (Å²) < 4.78 is 24.2. The van der Waals surface area contributed by atoms with Crippen LogP contribution in [0.1, 0.15) is 21.5 Å². The number of sulfone groups is 1. The van der Waals surface area contributed by atoms with Gasteiger partial charge in [-0.1, -0.05) is 0 Å². The fraction of sp³-hybridized carbons (Fsp3) is 0.417. The Bertz CT molecular complexity index is 590. The van der Waals surface area contributed by atoms with Crippen LogP contribution in [0.2, 0.25) is 0 Å². The van der Waals surface area contributed by atoms with Gasteiger partial charge in [-0.2, -0.15) is 0 Å². The Hall–Kier alpha value is -1.44. The number of carbonyl (C=O) groups is 1. The molecule has 0 amide bonds. The molecule has 0 spiro atoms.